The van der Waals surface area contributed by atoms with Gasteiger partial charge in [-0.3, -0.25) is 0 Å². The molecule has 0 radical (unpaired) electrons. The third-order valence-electron chi connectivity index (χ3n) is 2.48. The molecule has 0 aliphatic heterocycles. The summed E-state index contributed by atoms with van der Waals surface area (Å²) in [4.78, 5) is 0. The van der Waals surface area contributed by atoms with E-state index in [0.717, 1.165) is 5.56 Å². The molecular formula is C14H14FN. The van der Waals surface area contributed by atoms with E-state index in [9.17, 15) is 4.39 Å². The van der Waals surface area contributed by atoms with E-state index in [0.29, 0.717) is 12.2 Å². The molecule has 1 nitrogen and oxygen atoms in total. The van der Waals surface area contributed by atoms with E-state index in [2.05, 4.69) is 17.4 Å². The lowest BCUT2D eigenvalue weighted by molar-refractivity contribution is 0.630. The molecule has 0 fully saturated rings. The Balaban J connectivity index is 2.02. The number of rotatable bonds is 3. The van der Waals surface area contributed by atoms with Gasteiger partial charge < -0.3 is 5.32 Å². The van der Waals surface area contributed by atoms with Crippen molar-refractivity contribution >= 4 is 5.69 Å². The molecule has 0 aliphatic carbocycles. The number of hydrogen-bond acceptors (Lipinski definition) is 1. The first-order valence-electron chi connectivity index (χ1n) is 5.29. The summed E-state index contributed by atoms with van der Waals surface area (Å²) in [6, 6.07) is 14.9. The minimum atomic E-state index is -0.213. The molecule has 0 aliphatic rings. The van der Waals surface area contributed by atoms with Gasteiger partial charge in [-0.1, -0.05) is 42.0 Å². The molecular weight excluding hydrogens is 201 g/mol. The molecule has 0 saturated carbocycles. The highest BCUT2D eigenvalue weighted by atomic mass is 19.1. The molecule has 0 atom stereocenters. The Morgan fingerprint density at radius 1 is 1.00 bits per heavy atom. The smallest absolute Gasteiger partial charge is 0.146 e. The van der Waals surface area contributed by atoms with Gasteiger partial charge in [0, 0.05) is 6.54 Å². The molecule has 2 rings (SSSR count). The van der Waals surface area contributed by atoms with Crippen LogP contribution in [0.1, 0.15) is 11.1 Å². The lowest BCUT2D eigenvalue weighted by Crippen LogP contribution is -2.00. The van der Waals surface area contributed by atoms with Crippen LogP contribution in [-0.2, 0) is 6.54 Å². The Hall–Kier alpha value is -1.83. The number of halogens is 1. The summed E-state index contributed by atoms with van der Waals surface area (Å²) < 4.78 is 13.3. The molecule has 0 amide bonds. The van der Waals surface area contributed by atoms with Crippen molar-refractivity contribution in [2.24, 2.45) is 0 Å². The number of hydrogen-bond donors (Lipinski definition) is 1. The molecule has 0 unspecified atom stereocenters. The Bertz CT molecular complexity index is 462. The van der Waals surface area contributed by atoms with Crippen LogP contribution in [0.4, 0.5) is 10.1 Å². The van der Waals surface area contributed by atoms with E-state index < -0.39 is 0 Å². The molecule has 16 heavy (non-hydrogen) atoms. The van der Waals surface area contributed by atoms with Gasteiger partial charge in [0.1, 0.15) is 5.82 Å². The standard InChI is InChI=1S/C14H14FN/c1-11-6-8-12(9-7-11)10-16-14-5-3-2-4-13(14)15/h2-9,16H,10H2,1H3. The predicted octanol–water partition coefficient (Wildman–Crippen LogP) is 3.75. The first kappa shape index (κ1) is 10.7. The van der Waals surface area contributed by atoms with Gasteiger partial charge in [0.25, 0.3) is 0 Å². The quantitative estimate of drug-likeness (QED) is 0.822. The third kappa shape index (κ3) is 2.60. The Labute approximate surface area is 94.9 Å². The lowest BCUT2D eigenvalue weighted by atomic mass is 10.1. The zero-order valence-corrected chi connectivity index (χ0v) is 9.20. The maximum absolute atomic E-state index is 13.3. The SMILES string of the molecule is Cc1ccc(CNc2ccccc2F)cc1. The first-order chi connectivity index (χ1) is 7.75. The molecule has 2 aromatic rings. The zero-order chi connectivity index (χ0) is 11.4. The van der Waals surface area contributed by atoms with Crippen LogP contribution >= 0.6 is 0 Å². The molecule has 82 valence electrons. The average Bonchev–Trinajstić information content (AvgIpc) is 2.30. The number of aryl methyl sites for hydroxylation is 1. The Morgan fingerprint density at radius 3 is 2.38 bits per heavy atom. The van der Waals surface area contributed by atoms with Crippen LogP contribution in [0, 0.1) is 12.7 Å². The van der Waals surface area contributed by atoms with Gasteiger partial charge in [-0.15, -0.1) is 0 Å². The summed E-state index contributed by atoms with van der Waals surface area (Å²) in [6.07, 6.45) is 0. The van der Waals surface area contributed by atoms with E-state index in [1.54, 1.807) is 12.1 Å². The fourth-order valence-electron chi connectivity index (χ4n) is 1.51. The maximum Gasteiger partial charge on any atom is 0.146 e. The van der Waals surface area contributed by atoms with Crippen molar-refractivity contribution < 1.29 is 4.39 Å². The van der Waals surface area contributed by atoms with Gasteiger partial charge in [-0.25, -0.2) is 4.39 Å². The summed E-state index contributed by atoms with van der Waals surface area (Å²) in [6.45, 7) is 2.69. The number of anilines is 1. The van der Waals surface area contributed by atoms with Crippen molar-refractivity contribution in [2.45, 2.75) is 13.5 Å². The minimum absolute atomic E-state index is 0.213. The van der Waals surface area contributed by atoms with Crippen molar-refractivity contribution in [3.05, 3.63) is 65.5 Å². The zero-order valence-electron chi connectivity index (χ0n) is 9.20. The molecule has 0 saturated heterocycles. The predicted molar refractivity (Wildman–Crippen MR) is 64.9 cm³/mol. The minimum Gasteiger partial charge on any atom is -0.379 e. The molecule has 2 aromatic carbocycles. The number of nitrogens with one attached hydrogen (secondary N) is 1. The van der Waals surface area contributed by atoms with Crippen LogP contribution in [0.3, 0.4) is 0 Å². The summed E-state index contributed by atoms with van der Waals surface area (Å²) >= 11 is 0. The van der Waals surface area contributed by atoms with Crippen LogP contribution in [0.2, 0.25) is 0 Å². The van der Waals surface area contributed by atoms with Crippen molar-refractivity contribution in [2.75, 3.05) is 5.32 Å². The highest BCUT2D eigenvalue weighted by Gasteiger charge is 1.99. The number of benzene rings is 2. The monoisotopic (exact) mass is 215 g/mol. The summed E-state index contributed by atoms with van der Waals surface area (Å²) in [5.41, 5.74) is 2.92. The Kier molecular flexibility index (Phi) is 3.20. The Morgan fingerprint density at radius 2 is 1.69 bits per heavy atom. The maximum atomic E-state index is 13.3. The summed E-state index contributed by atoms with van der Waals surface area (Å²) in [5, 5.41) is 3.07. The van der Waals surface area contributed by atoms with E-state index >= 15 is 0 Å². The molecule has 0 spiro atoms. The van der Waals surface area contributed by atoms with Crippen molar-refractivity contribution in [1.29, 1.82) is 0 Å². The second-order valence-electron chi connectivity index (χ2n) is 3.82. The van der Waals surface area contributed by atoms with Gasteiger partial charge in [0.2, 0.25) is 0 Å². The second kappa shape index (κ2) is 4.79. The average molecular weight is 215 g/mol. The van der Waals surface area contributed by atoms with Crippen LogP contribution in [0.15, 0.2) is 48.5 Å². The third-order valence-corrected chi connectivity index (χ3v) is 2.48. The van der Waals surface area contributed by atoms with Gasteiger partial charge >= 0.3 is 0 Å². The van der Waals surface area contributed by atoms with Crippen LogP contribution in [-0.4, -0.2) is 0 Å². The van der Waals surface area contributed by atoms with Crippen LogP contribution < -0.4 is 5.32 Å². The number of para-hydroxylation sites is 1. The van der Waals surface area contributed by atoms with Gasteiger partial charge in [0.15, 0.2) is 0 Å². The molecule has 0 aromatic heterocycles. The second-order valence-corrected chi connectivity index (χ2v) is 3.82. The molecule has 0 bridgehead atoms. The molecule has 0 heterocycles. The molecule has 2 heteroatoms. The van der Waals surface area contributed by atoms with Gasteiger partial charge in [0.05, 0.1) is 5.69 Å². The highest BCUT2D eigenvalue weighted by molar-refractivity contribution is 5.44. The van der Waals surface area contributed by atoms with Crippen molar-refractivity contribution in [1.82, 2.24) is 0 Å². The van der Waals surface area contributed by atoms with Gasteiger partial charge in [-0.2, -0.15) is 0 Å². The van der Waals surface area contributed by atoms with Crippen molar-refractivity contribution in [3.63, 3.8) is 0 Å². The van der Waals surface area contributed by atoms with Crippen LogP contribution in [0.25, 0.3) is 0 Å². The first-order valence-corrected chi connectivity index (χ1v) is 5.29. The topological polar surface area (TPSA) is 12.0 Å². The largest absolute Gasteiger partial charge is 0.379 e. The van der Waals surface area contributed by atoms with E-state index in [4.69, 9.17) is 0 Å². The van der Waals surface area contributed by atoms with Gasteiger partial charge in [-0.05, 0) is 24.6 Å². The lowest BCUT2D eigenvalue weighted by Gasteiger charge is -2.07. The fraction of sp³-hybridized carbons (Fsp3) is 0.143. The fourth-order valence-corrected chi connectivity index (χ4v) is 1.51. The normalized spacial score (nSPS) is 10.1. The van der Waals surface area contributed by atoms with E-state index in [1.165, 1.54) is 11.6 Å². The van der Waals surface area contributed by atoms with E-state index in [1.807, 2.05) is 25.1 Å². The van der Waals surface area contributed by atoms with Crippen molar-refractivity contribution in [3.8, 4) is 0 Å². The molecule has 1 N–H and O–H groups in total. The highest BCUT2D eigenvalue weighted by Crippen LogP contribution is 2.14. The van der Waals surface area contributed by atoms with Crippen LogP contribution in [0.5, 0.6) is 0 Å². The summed E-state index contributed by atoms with van der Waals surface area (Å²) in [5.74, 6) is -0.213. The summed E-state index contributed by atoms with van der Waals surface area (Å²) in [7, 11) is 0. The van der Waals surface area contributed by atoms with E-state index in [-0.39, 0.29) is 5.82 Å².